The SMILES string of the molecule is CCOC(=O)[C@]1(NC(=O)[C@H](CCC(=O)NC(c2ccccc2)(c2ccccc2)c2ccccc2)NC(=O)OC(C)(C)C)C[C@H](O)[C@H]2[C@H](C)[C@H]21. The summed E-state index contributed by atoms with van der Waals surface area (Å²) in [6, 6.07) is 27.7. The average Bonchev–Trinajstić information content (AvgIpc) is 3.66. The van der Waals surface area contributed by atoms with Gasteiger partial charge in [-0.05, 0) is 62.6 Å². The van der Waals surface area contributed by atoms with E-state index in [1.54, 1.807) is 27.7 Å². The molecule has 0 heterocycles. The van der Waals surface area contributed by atoms with Crippen LogP contribution in [0.25, 0.3) is 0 Å². The molecule has 0 aromatic heterocycles. The first-order valence-corrected chi connectivity index (χ1v) is 17.0. The zero-order valence-electron chi connectivity index (χ0n) is 28.8. The molecule has 2 aliphatic rings. The second-order valence-electron chi connectivity index (χ2n) is 14.0. The lowest BCUT2D eigenvalue weighted by Crippen LogP contribution is -2.61. The molecule has 4 N–H and O–H groups in total. The monoisotopic (exact) mass is 669 g/mol. The van der Waals surface area contributed by atoms with Crippen molar-refractivity contribution in [3.8, 4) is 0 Å². The van der Waals surface area contributed by atoms with Gasteiger partial charge >= 0.3 is 12.1 Å². The molecular weight excluding hydrogens is 622 g/mol. The number of esters is 1. The zero-order valence-corrected chi connectivity index (χ0v) is 28.8. The Morgan fingerprint density at radius 1 is 0.878 bits per heavy atom. The summed E-state index contributed by atoms with van der Waals surface area (Å²) in [6.45, 7) is 8.82. The normalized spacial score (nSPS) is 23.4. The average molecular weight is 670 g/mol. The molecule has 0 bridgehead atoms. The summed E-state index contributed by atoms with van der Waals surface area (Å²) in [6.07, 6.45) is -1.87. The van der Waals surface area contributed by atoms with Crippen molar-refractivity contribution in [3.05, 3.63) is 108 Å². The molecule has 3 aromatic rings. The second-order valence-corrected chi connectivity index (χ2v) is 14.0. The van der Waals surface area contributed by atoms with Gasteiger partial charge in [-0.1, -0.05) is 97.9 Å². The Hall–Kier alpha value is -4.70. The first kappa shape index (κ1) is 35.6. The highest BCUT2D eigenvalue weighted by atomic mass is 16.6. The van der Waals surface area contributed by atoms with Crippen LogP contribution in [0.3, 0.4) is 0 Å². The van der Waals surface area contributed by atoms with Crippen LogP contribution in [0.15, 0.2) is 91.0 Å². The van der Waals surface area contributed by atoms with Crippen LogP contribution in [-0.4, -0.2) is 58.9 Å². The van der Waals surface area contributed by atoms with Gasteiger partial charge in [-0.2, -0.15) is 0 Å². The fraction of sp³-hybridized carbons (Fsp3) is 0.436. The number of carbonyl (C=O) groups is 4. The van der Waals surface area contributed by atoms with Gasteiger partial charge in [0.15, 0.2) is 0 Å². The van der Waals surface area contributed by atoms with Crippen molar-refractivity contribution in [3.63, 3.8) is 0 Å². The van der Waals surface area contributed by atoms with E-state index in [-0.39, 0.29) is 49.5 Å². The minimum atomic E-state index is -1.45. The van der Waals surface area contributed by atoms with Crippen LogP contribution in [0.1, 0.15) is 70.6 Å². The quantitative estimate of drug-likeness (QED) is 0.160. The van der Waals surface area contributed by atoms with Gasteiger partial charge in [0.25, 0.3) is 0 Å². The highest BCUT2D eigenvalue weighted by Crippen LogP contribution is 2.62. The molecule has 49 heavy (non-hydrogen) atoms. The smallest absolute Gasteiger partial charge is 0.408 e. The van der Waals surface area contributed by atoms with Crippen LogP contribution in [0.5, 0.6) is 0 Å². The number of rotatable bonds is 12. The number of amides is 3. The van der Waals surface area contributed by atoms with Gasteiger partial charge in [-0.3, -0.25) is 9.59 Å². The molecule has 260 valence electrons. The summed E-state index contributed by atoms with van der Waals surface area (Å²) in [5.74, 6) is -2.11. The lowest BCUT2D eigenvalue weighted by atomic mass is 9.77. The first-order chi connectivity index (χ1) is 23.3. The number of aliphatic hydroxyl groups is 1. The third-order valence-corrected chi connectivity index (χ3v) is 9.59. The van der Waals surface area contributed by atoms with E-state index < -0.39 is 46.8 Å². The highest BCUT2D eigenvalue weighted by molar-refractivity contribution is 5.93. The Morgan fingerprint density at radius 3 is 1.82 bits per heavy atom. The Kier molecular flexibility index (Phi) is 10.5. The summed E-state index contributed by atoms with van der Waals surface area (Å²) in [7, 11) is 0. The lowest BCUT2D eigenvalue weighted by Gasteiger charge is -2.37. The number of benzene rings is 3. The third kappa shape index (κ3) is 7.49. The molecule has 10 nitrogen and oxygen atoms in total. The molecule has 3 aromatic carbocycles. The van der Waals surface area contributed by atoms with Crippen LogP contribution in [-0.2, 0) is 29.4 Å². The fourth-order valence-corrected chi connectivity index (χ4v) is 7.48. The van der Waals surface area contributed by atoms with Gasteiger partial charge in [0.1, 0.15) is 22.7 Å². The number of aliphatic hydroxyl groups excluding tert-OH is 1. The molecular formula is C39H47N3O7. The van der Waals surface area contributed by atoms with Crippen molar-refractivity contribution in [2.45, 2.75) is 82.7 Å². The van der Waals surface area contributed by atoms with Crippen LogP contribution in [0, 0.1) is 17.8 Å². The van der Waals surface area contributed by atoms with Crippen molar-refractivity contribution < 1.29 is 33.8 Å². The van der Waals surface area contributed by atoms with Gasteiger partial charge in [-0.25, -0.2) is 9.59 Å². The van der Waals surface area contributed by atoms with Crippen molar-refractivity contribution >= 4 is 23.9 Å². The van der Waals surface area contributed by atoms with Gasteiger partial charge in [0.05, 0.1) is 12.7 Å². The summed E-state index contributed by atoms with van der Waals surface area (Å²) in [5.41, 5.74) is -0.844. The number of fused-ring (bicyclic) bond motifs is 1. The van der Waals surface area contributed by atoms with E-state index in [1.807, 2.05) is 97.9 Å². The summed E-state index contributed by atoms with van der Waals surface area (Å²) < 4.78 is 10.9. The standard InChI is InChI=1S/C39H47N3O7/c1-6-48-35(46)38(24-30(43)32-25(2)33(32)38)42-34(45)29(40-36(47)49-37(3,4)5)22-23-31(44)41-39(26-16-10-7-11-17-26,27-18-12-8-13-19-27)28-20-14-9-15-21-28/h7-21,25,29-30,32-33,43H,6,22-24H2,1-5H3,(H,40,47)(H,41,44)(H,42,45)/t25-,29-,30-,32+,33+,38-/m0/s1. The van der Waals surface area contributed by atoms with E-state index in [9.17, 15) is 24.3 Å². The molecule has 6 atom stereocenters. The topological polar surface area (TPSA) is 143 Å². The number of nitrogens with one attached hydrogen (secondary N) is 3. The molecule has 0 radical (unpaired) electrons. The predicted octanol–water partition coefficient (Wildman–Crippen LogP) is 4.83. The Bertz CT molecular complexity index is 1530. The summed E-state index contributed by atoms with van der Waals surface area (Å²) in [5, 5.41) is 19.5. The molecule has 2 aliphatic carbocycles. The Balaban J connectivity index is 1.43. The van der Waals surface area contributed by atoms with Gasteiger partial charge in [0.2, 0.25) is 11.8 Å². The highest BCUT2D eigenvalue weighted by Gasteiger charge is 2.72. The van der Waals surface area contributed by atoms with Gasteiger partial charge < -0.3 is 30.5 Å². The largest absolute Gasteiger partial charge is 0.464 e. The van der Waals surface area contributed by atoms with Gasteiger partial charge in [-0.15, -0.1) is 0 Å². The first-order valence-electron chi connectivity index (χ1n) is 17.0. The summed E-state index contributed by atoms with van der Waals surface area (Å²) in [4.78, 5) is 54.5. The number of alkyl carbamates (subject to hydrolysis) is 1. The second kappa shape index (κ2) is 14.4. The molecule has 0 unspecified atom stereocenters. The number of hydrogen-bond acceptors (Lipinski definition) is 7. The van der Waals surface area contributed by atoms with E-state index in [1.165, 1.54) is 0 Å². The molecule has 0 saturated heterocycles. The minimum absolute atomic E-state index is 0.00131. The van der Waals surface area contributed by atoms with Crippen LogP contribution < -0.4 is 16.0 Å². The van der Waals surface area contributed by atoms with Crippen molar-refractivity contribution in [2.75, 3.05) is 6.61 Å². The number of ether oxygens (including phenoxy) is 2. The molecule has 0 spiro atoms. The molecule has 5 rings (SSSR count). The van der Waals surface area contributed by atoms with Crippen LogP contribution in [0.4, 0.5) is 4.79 Å². The van der Waals surface area contributed by atoms with E-state index in [0.29, 0.717) is 0 Å². The van der Waals surface area contributed by atoms with E-state index in [0.717, 1.165) is 16.7 Å². The zero-order chi connectivity index (χ0) is 35.4. The minimum Gasteiger partial charge on any atom is -0.464 e. The van der Waals surface area contributed by atoms with E-state index in [2.05, 4.69) is 16.0 Å². The summed E-state index contributed by atoms with van der Waals surface area (Å²) >= 11 is 0. The van der Waals surface area contributed by atoms with Crippen molar-refractivity contribution in [1.82, 2.24) is 16.0 Å². The third-order valence-electron chi connectivity index (χ3n) is 9.59. The molecule has 3 amide bonds. The van der Waals surface area contributed by atoms with E-state index in [4.69, 9.17) is 9.47 Å². The fourth-order valence-electron chi connectivity index (χ4n) is 7.48. The molecule has 10 heteroatoms. The molecule has 2 saturated carbocycles. The van der Waals surface area contributed by atoms with Crippen LogP contribution >= 0.6 is 0 Å². The maximum absolute atomic E-state index is 14.1. The molecule has 0 aliphatic heterocycles. The number of hydrogen-bond donors (Lipinski definition) is 4. The molecule has 2 fully saturated rings. The Labute approximate surface area is 288 Å². The lowest BCUT2D eigenvalue weighted by molar-refractivity contribution is -0.155. The van der Waals surface area contributed by atoms with E-state index >= 15 is 0 Å². The van der Waals surface area contributed by atoms with Crippen molar-refractivity contribution in [2.24, 2.45) is 17.8 Å². The Morgan fingerprint density at radius 2 is 1.39 bits per heavy atom. The maximum atomic E-state index is 14.1. The van der Waals surface area contributed by atoms with Gasteiger partial charge in [0, 0.05) is 18.8 Å². The maximum Gasteiger partial charge on any atom is 0.408 e. The number of carbonyl (C=O) groups excluding carboxylic acids is 4. The van der Waals surface area contributed by atoms with Crippen molar-refractivity contribution in [1.29, 1.82) is 0 Å². The van der Waals surface area contributed by atoms with Crippen LogP contribution in [0.2, 0.25) is 0 Å². The predicted molar refractivity (Wildman–Crippen MR) is 184 cm³/mol.